The third-order valence-electron chi connectivity index (χ3n) is 4.30. The Morgan fingerprint density at radius 1 is 1.14 bits per heavy atom. The van der Waals surface area contributed by atoms with Gasteiger partial charge in [0.1, 0.15) is 0 Å². The minimum Gasteiger partial charge on any atom is -0.302 e. The zero-order chi connectivity index (χ0) is 14.7. The molecule has 1 saturated carbocycles. The summed E-state index contributed by atoms with van der Waals surface area (Å²) < 4.78 is 0. The molecule has 0 aliphatic heterocycles. The maximum atomic E-state index is 6.17. The molecular weight excluding hydrogens is 282 g/mol. The number of aromatic nitrogens is 2. The first kappa shape index (κ1) is 14.5. The maximum absolute atomic E-state index is 6.17. The molecule has 1 N–H and O–H groups in total. The number of nitrogens with one attached hydrogen (secondary N) is 1. The molecule has 0 spiro atoms. The molecular formula is C17H20ClN3. The van der Waals surface area contributed by atoms with Crippen LogP contribution >= 0.6 is 11.6 Å². The summed E-state index contributed by atoms with van der Waals surface area (Å²) in [7, 11) is 0. The van der Waals surface area contributed by atoms with Crippen LogP contribution < -0.4 is 5.32 Å². The molecule has 1 aliphatic carbocycles. The third kappa shape index (κ3) is 3.25. The lowest BCUT2D eigenvalue weighted by atomic mass is 9.88. The van der Waals surface area contributed by atoms with Crippen molar-refractivity contribution in [3.63, 3.8) is 0 Å². The molecule has 1 heterocycles. The molecule has 1 fully saturated rings. The van der Waals surface area contributed by atoms with Crippen molar-refractivity contribution in [2.24, 2.45) is 0 Å². The van der Waals surface area contributed by atoms with Crippen molar-refractivity contribution < 1.29 is 0 Å². The zero-order valence-electron chi connectivity index (χ0n) is 12.3. The molecule has 0 atom stereocenters. The average Bonchev–Trinajstić information content (AvgIpc) is 2.97. The van der Waals surface area contributed by atoms with E-state index in [1.165, 1.54) is 18.4 Å². The molecule has 2 aromatic rings. The molecule has 0 unspecified atom stereocenters. The quantitative estimate of drug-likeness (QED) is 0.927. The Labute approximate surface area is 130 Å². The first-order chi connectivity index (χ1) is 10.2. The van der Waals surface area contributed by atoms with Crippen LogP contribution in [0.2, 0.25) is 5.02 Å². The summed E-state index contributed by atoms with van der Waals surface area (Å²) in [6, 6.07) is 12.3. The number of hydrogen-bond acceptors (Lipinski definition) is 3. The standard InChI is InChI=1S/C17H20ClN3/c1-13-7-8-16(21-20-13)12-19-17(9-2-3-10-17)14-5-4-6-15(18)11-14/h4-8,11,19H,2-3,9-10,12H2,1H3. The highest BCUT2D eigenvalue weighted by Crippen LogP contribution is 2.39. The molecule has 0 saturated heterocycles. The van der Waals surface area contributed by atoms with E-state index in [4.69, 9.17) is 11.6 Å². The topological polar surface area (TPSA) is 37.8 Å². The van der Waals surface area contributed by atoms with E-state index in [1.54, 1.807) is 0 Å². The molecule has 0 amide bonds. The first-order valence-electron chi connectivity index (χ1n) is 7.48. The fraction of sp³-hybridized carbons (Fsp3) is 0.412. The van der Waals surface area contributed by atoms with E-state index in [-0.39, 0.29) is 5.54 Å². The van der Waals surface area contributed by atoms with E-state index >= 15 is 0 Å². The fourth-order valence-corrected chi connectivity index (χ4v) is 3.30. The second kappa shape index (κ2) is 6.12. The summed E-state index contributed by atoms with van der Waals surface area (Å²) in [5.41, 5.74) is 3.24. The second-order valence-electron chi connectivity index (χ2n) is 5.82. The molecule has 3 rings (SSSR count). The lowest BCUT2D eigenvalue weighted by Crippen LogP contribution is -2.39. The molecule has 3 nitrogen and oxygen atoms in total. The van der Waals surface area contributed by atoms with Gasteiger partial charge in [-0.2, -0.15) is 10.2 Å². The number of hydrogen-bond donors (Lipinski definition) is 1. The molecule has 1 aromatic carbocycles. The SMILES string of the molecule is Cc1ccc(CNC2(c3cccc(Cl)c3)CCCC2)nn1. The van der Waals surface area contributed by atoms with Gasteiger partial charge < -0.3 is 5.32 Å². The minimum atomic E-state index is 0.0253. The maximum Gasteiger partial charge on any atom is 0.0769 e. The number of halogens is 1. The van der Waals surface area contributed by atoms with E-state index in [9.17, 15) is 0 Å². The largest absolute Gasteiger partial charge is 0.302 e. The van der Waals surface area contributed by atoms with Gasteiger partial charge in [-0.3, -0.25) is 0 Å². The Bertz CT molecular complexity index is 604. The smallest absolute Gasteiger partial charge is 0.0769 e. The highest BCUT2D eigenvalue weighted by molar-refractivity contribution is 6.30. The van der Waals surface area contributed by atoms with Crippen LogP contribution in [0.5, 0.6) is 0 Å². The van der Waals surface area contributed by atoms with E-state index in [0.717, 1.165) is 35.8 Å². The van der Waals surface area contributed by atoms with Crippen LogP contribution in [-0.2, 0) is 12.1 Å². The fourth-order valence-electron chi connectivity index (χ4n) is 3.11. The average molecular weight is 302 g/mol. The van der Waals surface area contributed by atoms with Crippen LogP contribution in [-0.4, -0.2) is 10.2 Å². The lowest BCUT2D eigenvalue weighted by molar-refractivity contribution is 0.336. The van der Waals surface area contributed by atoms with E-state index in [1.807, 2.05) is 31.2 Å². The van der Waals surface area contributed by atoms with E-state index in [0.29, 0.717) is 0 Å². The lowest BCUT2D eigenvalue weighted by Gasteiger charge is -2.31. The number of aryl methyl sites for hydroxylation is 1. The summed E-state index contributed by atoms with van der Waals surface area (Å²) in [4.78, 5) is 0. The van der Waals surface area contributed by atoms with E-state index in [2.05, 4.69) is 27.6 Å². The Hall–Kier alpha value is -1.45. The van der Waals surface area contributed by atoms with Crippen molar-refractivity contribution in [3.8, 4) is 0 Å². The third-order valence-corrected chi connectivity index (χ3v) is 4.53. The van der Waals surface area contributed by atoms with Crippen LogP contribution in [0, 0.1) is 6.92 Å². The molecule has 110 valence electrons. The first-order valence-corrected chi connectivity index (χ1v) is 7.86. The summed E-state index contributed by atoms with van der Waals surface area (Å²) in [6.45, 7) is 2.69. The van der Waals surface area contributed by atoms with Crippen molar-refractivity contribution in [2.45, 2.75) is 44.7 Å². The number of rotatable bonds is 4. The Morgan fingerprint density at radius 2 is 1.95 bits per heavy atom. The van der Waals surface area contributed by atoms with Crippen LogP contribution in [0.25, 0.3) is 0 Å². The van der Waals surface area contributed by atoms with Gasteiger partial charge in [0.15, 0.2) is 0 Å². The molecule has 1 aliphatic rings. The molecule has 0 radical (unpaired) electrons. The normalized spacial score (nSPS) is 17.0. The van der Waals surface area contributed by atoms with E-state index < -0.39 is 0 Å². The summed E-state index contributed by atoms with van der Waals surface area (Å²) >= 11 is 6.17. The van der Waals surface area contributed by atoms with Crippen LogP contribution in [0.3, 0.4) is 0 Å². The van der Waals surface area contributed by atoms with Gasteiger partial charge in [-0.05, 0) is 49.6 Å². The molecule has 21 heavy (non-hydrogen) atoms. The van der Waals surface area contributed by atoms with Crippen molar-refractivity contribution in [1.82, 2.24) is 15.5 Å². The second-order valence-corrected chi connectivity index (χ2v) is 6.26. The predicted octanol–water partition coefficient (Wildman–Crippen LogP) is 4.00. The number of benzene rings is 1. The van der Waals surface area contributed by atoms with Gasteiger partial charge in [0.2, 0.25) is 0 Å². The Balaban J connectivity index is 1.80. The van der Waals surface area contributed by atoms with Crippen molar-refractivity contribution in [2.75, 3.05) is 0 Å². The van der Waals surface area contributed by atoms with Crippen LogP contribution in [0.1, 0.15) is 42.6 Å². The van der Waals surface area contributed by atoms with Gasteiger partial charge in [0.25, 0.3) is 0 Å². The Morgan fingerprint density at radius 3 is 2.62 bits per heavy atom. The predicted molar refractivity (Wildman–Crippen MR) is 85.2 cm³/mol. The van der Waals surface area contributed by atoms with Crippen molar-refractivity contribution in [1.29, 1.82) is 0 Å². The van der Waals surface area contributed by atoms with Gasteiger partial charge >= 0.3 is 0 Å². The zero-order valence-corrected chi connectivity index (χ0v) is 13.0. The van der Waals surface area contributed by atoms with Gasteiger partial charge in [0, 0.05) is 17.1 Å². The van der Waals surface area contributed by atoms with Gasteiger partial charge in [-0.1, -0.05) is 36.6 Å². The molecule has 0 bridgehead atoms. The highest BCUT2D eigenvalue weighted by Gasteiger charge is 2.35. The summed E-state index contributed by atoms with van der Waals surface area (Å²) in [5.74, 6) is 0. The Kier molecular flexibility index (Phi) is 4.22. The van der Waals surface area contributed by atoms with Crippen LogP contribution in [0.15, 0.2) is 36.4 Å². The highest BCUT2D eigenvalue weighted by atomic mass is 35.5. The van der Waals surface area contributed by atoms with Gasteiger partial charge in [-0.25, -0.2) is 0 Å². The summed E-state index contributed by atoms with van der Waals surface area (Å²) in [5, 5.41) is 12.9. The minimum absolute atomic E-state index is 0.0253. The monoisotopic (exact) mass is 301 g/mol. The van der Waals surface area contributed by atoms with Crippen molar-refractivity contribution >= 4 is 11.6 Å². The number of nitrogens with zero attached hydrogens (tertiary/aromatic N) is 2. The van der Waals surface area contributed by atoms with Gasteiger partial charge in [-0.15, -0.1) is 0 Å². The van der Waals surface area contributed by atoms with Crippen molar-refractivity contribution in [3.05, 3.63) is 58.4 Å². The molecule has 1 aromatic heterocycles. The van der Waals surface area contributed by atoms with Crippen LogP contribution in [0.4, 0.5) is 0 Å². The molecule has 4 heteroatoms. The van der Waals surface area contributed by atoms with Gasteiger partial charge in [0.05, 0.1) is 11.4 Å². The summed E-state index contributed by atoms with van der Waals surface area (Å²) in [6.07, 6.45) is 4.79.